The SMILES string of the molecule is Cc1ccc(C2(C)NC(=O)N(Cc3csc(CCC(C)C)n3)C2=O)o1. The summed E-state index contributed by atoms with van der Waals surface area (Å²) in [6.07, 6.45) is 2.00. The number of carbonyl (C=O) groups excluding carboxylic acids is 2. The molecular formula is C18H23N3O3S. The molecule has 0 bridgehead atoms. The number of nitrogens with one attached hydrogen (secondary N) is 1. The molecule has 6 nitrogen and oxygen atoms in total. The van der Waals surface area contributed by atoms with Crippen LogP contribution in [0.1, 0.15) is 49.4 Å². The van der Waals surface area contributed by atoms with E-state index in [2.05, 4.69) is 24.1 Å². The zero-order chi connectivity index (χ0) is 18.2. The molecule has 1 aliphatic rings. The molecule has 1 unspecified atom stereocenters. The van der Waals surface area contributed by atoms with Crippen LogP contribution in [0.2, 0.25) is 0 Å². The second-order valence-corrected chi connectivity index (χ2v) is 7.96. The van der Waals surface area contributed by atoms with Crippen molar-refractivity contribution >= 4 is 23.3 Å². The predicted molar refractivity (Wildman–Crippen MR) is 95.2 cm³/mol. The van der Waals surface area contributed by atoms with Gasteiger partial charge in [0.05, 0.1) is 17.2 Å². The van der Waals surface area contributed by atoms with Crippen LogP contribution in [-0.2, 0) is 23.3 Å². The summed E-state index contributed by atoms with van der Waals surface area (Å²) in [5.74, 6) is 1.45. The van der Waals surface area contributed by atoms with Crippen LogP contribution in [0.5, 0.6) is 0 Å². The standard InChI is InChI=1S/C18H23N3O3S/c1-11(2)5-8-15-19-13(10-25-15)9-21-16(22)18(4,20-17(21)23)14-7-6-12(3)24-14/h6-7,10-11H,5,8-9H2,1-4H3,(H,20,23). The predicted octanol–water partition coefficient (Wildman–Crippen LogP) is 3.60. The van der Waals surface area contributed by atoms with Crippen molar-refractivity contribution in [2.45, 2.75) is 52.6 Å². The van der Waals surface area contributed by atoms with Gasteiger partial charge in [-0.2, -0.15) is 0 Å². The molecule has 1 saturated heterocycles. The number of furan rings is 1. The second kappa shape index (κ2) is 6.63. The van der Waals surface area contributed by atoms with Crippen molar-refractivity contribution in [2.24, 2.45) is 5.92 Å². The minimum Gasteiger partial charge on any atom is -0.463 e. The summed E-state index contributed by atoms with van der Waals surface area (Å²) in [6, 6.07) is 3.09. The summed E-state index contributed by atoms with van der Waals surface area (Å²) in [5, 5.41) is 5.71. The van der Waals surface area contributed by atoms with Crippen molar-refractivity contribution < 1.29 is 14.0 Å². The summed E-state index contributed by atoms with van der Waals surface area (Å²) in [5.41, 5.74) is -0.422. The number of amides is 3. The average Bonchev–Trinajstić information content (AvgIpc) is 3.22. The van der Waals surface area contributed by atoms with E-state index in [0.29, 0.717) is 17.4 Å². The quantitative estimate of drug-likeness (QED) is 0.798. The van der Waals surface area contributed by atoms with Gasteiger partial charge in [0.15, 0.2) is 5.54 Å². The van der Waals surface area contributed by atoms with Gasteiger partial charge in [-0.25, -0.2) is 9.78 Å². The van der Waals surface area contributed by atoms with Crippen LogP contribution in [0.15, 0.2) is 21.9 Å². The Labute approximate surface area is 151 Å². The first kappa shape index (κ1) is 17.7. The topological polar surface area (TPSA) is 75.4 Å². The minimum absolute atomic E-state index is 0.179. The van der Waals surface area contributed by atoms with Gasteiger partial charge < -0.3 is 9.73 Å². The van der Waals surface area contributed by atoms with Crippen LogP contribution in [0.3, 0.4) is 0 Å². The highest BCUT2D eigenvalue weighted by Crippen LogP contribution is 2.31. The molecule has 0 saturated carbocycles. The van der Waals surface area contributed by atoms with Crippen LogP contribution >= 0.6 is 11.3 Å². The maximum atomic E-state index is 12.8. The van der Waals surface area contributed by atoms with Crippen molar-refractivity contribution in [3.05, 3.63) is 39.7 Å². The largest absolute Gasteiger partial charge is 0.463 e. The monoisotopic (exact) mass is 361 g/mol. The lowest BCUT2D eigenvalue weighted by atomic mass is 9.99. The number of rotatable bonds is 6. The zero-order valence-electron chi connectivity index (χ0n) is 15.0. The normalized spacial score (nSPS) is 20.6. The lowest BCUT2D eigenvalue weighted by Gasteiger charge is -2.18. The Hall–Kier alpha value is -2.15. The Morgan fingerprint density at radius 3 is 2.76 bits per heavy atom. The number of aromatic nitrogens is 1. The van der Waals surface area contributed by atoms with Crippen LogP contribution in [0.25, 0.3) is 0 Å². The Morgan fingerprint density at radius 2 is 2.12 bits per heavy atom. The zero-order valence-corrected chi connectivity index (χ0v) is 15.8. The molecule has 1 atom stereocenters. The summed E-state index contributed by atoms with van der Waals surface area (Å²) in [6.45, 7) is 8.01. The molecule has 25 heavy (non-hydrogen) atoms. The van der Waals surface area contributed by atoms with Crippen molar-refractivity contribution in [1.82, 2.24) is 15.2 Å². The smallest absolute Gasteiger partial charge is 0.325 e. The van der Waals surface area contributed by atoms with E-state index in [1.54, 1.807) is 37.3 Å². The van der Waals surface area contributed by atoms with Crippen LogP contribution < -0.4 is 5.32 Å². The Kier molecular flexibility index (Phi) is 4.69. The Bertz CT molecular complexity index is 795. The molecule has 3 amide bonds. The van der Waals surface area contributed by atoms with E-state index in [1.165, 1.54) is 4.90 Å². The molecule has 0 spiro atoms. The summed E-state index contributed by atoms with van der Waals surface area (Å²) >= 11 is 1.58. The highest BCUT2D eigenvalue weighted by molar-refractivity contribution is 7.09. The second-order valence-electron chi connectivity index (χ2n) is 7.02. The number of hydrogen-bond acceptors (Lipinski definition) is 5. The number of carbonyl (C=O) groups is 2. The fourth-order valence-corrected chi connectivity index (χ4v) is 3.63. The van der Waals surface area contributed by atoms with E-state index < -0.39 is 11.6 Å². The third-order valence-corrected chi connectivity index (χ3v) is 5.32. The van der Waals surface area contributed by atoms with Gasteiger partial charge in [0.25, 0.3) is 5.91 Å². The van der Waals surface area contributed by atoms with Crippen molar-refractivity contribution in [2.75, 3.05) is 0 Å². The molecule has 1 fully saturated rings. The lowest BCUT2D eigenvalue weighted by molar-refractivity contribution is -0.132. The summed E-state index contributed by atoms with van der Waals surface area (Å²) in [7, 11) is 0. The van der Waals surface area contributed by atoms with E-state index in [4.69, 9.17) is 4.42 Å². The van der Waals surface area contributed by atoms with E-state index in [1.807, 2.05) is 5.38 Å². The van der Waals surface area contributed by atoms with Gasteiger partial charge in [0.2, 0.25) is 0 Å². The van der Waals surface area contributed by atoms with Crippen LogP contribution in [0, 0.1) is 12.8 Å². The van der Waals surface area contributed by atoms with Crippen molar-refractivity contribution in [1.29, 1.82) is 0 Å². The molecule has 3 heterocycles. The van der Waals surface area contributed by atoms with Gasteiger partial charge in [-0.3, -0.25) is 9.69 Å². The van der Waals surface area contributed by atoms with Crippen LogP contribution in [-0.4, -0.2) is 21.8 Å². The first-order valence-corrected chi connectivity index (χ1v) is 9.32. The molecular weight excluding hydrogens is 338 g/mol. The minimum atomic E-state index is -1.16. The molecule has 7 heteroatoms. The van der Waals surface area contributed by atoms with E-state index in [9.17, 15) is 9.59 Å². The number of nitrogens with zero attached hydrogens (tertiary/aromatic N) is 2. The Morgan fingerprint density at radius 1 is 1.36 bits per heavy atom. The highest BCUT2D eigenvalue weighted by Gasteiger charge is 2.51. The molecule has 0 aliphatic carbocycles. The van der Waals surface area contributed by atoms with Crippen molar-refractivity contribution in [3.8, 4) is 0 Å². The molecule has 1 N–H and O–H groups in total. The fraction of sp³-hybridized carbons (Fsp3) is 0.500. The van der Waals surface area contributed by atoms with Gasteiger partial charge in [-0.15, -0.1) is 11.3 Å². The molecule has 134 valence electrons. The Balaban J connectivity index is 1.73. The fourth-order valence-electron chi connectivity index (χ4n) is 2.82. The van der Waals surface area contributed by atoms with E-state index in [0.717, 1.165) is 23.5 Å². The number of aryl methyl sites for hydroxylation is 2. The first-order valence-electron chi connectivity index (χ1n) is 8.44. The molecule has 0 aromatic carbocycles. The van der Waals surface area contributed by atoms with E-state index in [-0.39, 0.29) is 12.5 Å². The van der Waals surface area contributed by atoms with E-state index >= 15 is 0 Å². The molecule has 1 aliphatic heterocycles. The molecule has 2 aromatic heterocycles. The number of imide groups is 1. The maximum absolute atomic E-state index is 12.8. The van der Waals surface area contributed by atoms with Crippen LogP contribution in [0.4, 0.5) is 4.79 Å². The van der Waals surface area contributed by atoms with Gasteiger partial charge in [-0.05, 0) is 44.7 Å². The summed E-state index contributed by atoms with van der Waals surface area (Å²) in [4.78, 5) is 30.9. The first-order chi connectivity index (χ1) is 11.8. The van der Waals surface area contributed by atoms with Gasteiger partial charge in [0.1, 0.15) is 11.5 Å². The third kappa shape index (κ3) is 3.46. The van der Waals surface area contributed by atoms with Gasteiger partial charge in [0, 0.05) is 5.38 Å². The van der Waals surface area contributed by atoms with Gasteiger partial charge in [-0.1, -0.05) is 13.8 Å². The number of urea groups is 1. The maximum Gasteiger partial charge on any atom is 0.325 e. The lowest BCUT2D eigenvalue weighted by Crippen LogP contribution is -2.40. The van der Waals surface area contributed by atoms with Crippen molar-refractivity contribution in [3.63, 3.8) is 0 Å². The summed E-state index contributed by atoms with van der Waals surface area (Å²) < 4.78 is 5.57. The number of thiazole rings is 1. The molecule has 3 rings (SSSR count). The molecule has 0 radical (unpaired) electrons. The molecule has 2 aromatic rings. The van der Waals surface area contributed by atoms with Gasteiger partial charge >= 0.3 is 6.03 Å². The third-order valence-electron chi connectivity index (χ3n) is 4.36. The average molecular weight is 361 g/mol. The highest BCUT2D eigenvalue weighted by atomic mass is 32.1. The number of hydrogen-bond donors (Lipinski definition) is 1.